The molecule has 1 heterocycles. The Labute approximate surface area is 96.3 Å². The van der Waals surface area contributed by atoms with Crippen LogP contribution in [-0.2, 0) is 0 Å². The molecule has 1 aromatic rings. The second-order valence-electron chi connectivity index (χ2n) is 2.66. The molecule has 2 N–H and O–H groups in total. The van der Waals surface area contributed by atoms with Gasteiger partial charge in [0, 0.05) is 6.54 Å². The van der Waals surface area contributed by atoms with Crippen molar-refractivity contribution in [2.45, 2.75) is 0 Å². The van der Waals surface area contributed by atoms with Crippen molar-refractivity contribution in [2.75, 3.05) is 18.4 Å². The normalized spacial score (nSPS) is 17.9. The van der Waals surface area contributed by atoms with Crippen LogP contribution in [0.5, 0.6) is 0 Å². The molecule has 0 spiro atoms. The van der Waals surface area contributed by atoms with Gasteiger partial charge in [0.1, 0.15) is 0 Å². The Bertz CT molecular complexity index is 476. The largest absolute Gasteiger partial charge is 0.354 e. The maximum absolute atomic E-state index is 7.60. The minimum absolute atomic E-state index is 0.0207. The third-order valence-electron chi connectivity index (χ3n) is 1.70. The first-order valence-electron chi connectivity index (χ1n) is 5.52. The van der Waals surface area contributed by atoms with E-state index in [2.05, 4.69) is 15.6 Å². The molecule has 0 aromatic heterocycles. The number of hydrogen-bond acceptors (Lipinski definition) is 3. The van der Waals surface area contributed by atoms with Gasteiger partial charge in [-0.15, -0.1) is 0 Å². The van der Waals surface area contributed by atoms with Gasteiger partial charge in [-0.1, -0.05) is 29.2 Å². The van der Waals surface area contributed by atoms with Gasteiger partial charge in [0.2, 0.25) is 0 Å². The Morgan fingerprint density at radius 1 is 1.43 bits per heavy atom. The molecule has 0 radical (unpaired) electrons. The Morgan fingerprint density at radius 3 is 2.71 bits per heavy atom. The number of halogens is 2. The van der Waals surface area contributed by atoms with Gasteiger partial charge >= 0.3 is 0 Å². The summed E-state index contributed by atoms with van der Waals surface area (Å²) < 4.78 is 22.7. The van der Waals surface area contributed by atoms with Gasteiger partial charge in [-0.05, 0) is 12.1 Å². The predicted molar refractivity (Wildman–Crippen MR) is 60.4 cm³/mol. The van der Waals surface area contributed by atoms with E-state index < -0.39 is 0 Å². The van der Waals surface area contributed by atoms with E-state index in [1.165, 1.54) is 0 Å². The Balaban J connectivity index is 2.46. The smallest absolute Gasteiger partial charge is 0.196 e. The SMILES string of the molecule is [2H]c1c([2H])c(Cl)c(NC2=NCCN2)c(Cl)c1[2H]. The molecule has 1 aromatic carbocycles. The van der Waals surface area contributed by atoms with Crippen LogP contribution >= 0.6 is 23.2 Å². The number of guanidine groups is 1. The molecule has 0 fully saturated rings. The van der Waals surface area contributed by atoms with Crippen LogP contribution in [0.25, 0.3) is 0 Å². The third kappa shape index (κ3) is 1.94. The van der Waals surface area contributed by atoms with Crippen LogP contribution in [0.4, 0.5) is 5.69 Å². The molecule has 14 heavy (non-hydrogen) atoms. The molecule has 2 rings (SSSR count). The van der Waals surface area contributed by atoms with Crippen molar-refractivity contribution in [3.8, 4) is 0 Å². The summed E-state index contributed by atoms with van der Waals surface area (Å²) in [6, 6.07) is -0.726. The third-order valence-corrected chi connectivity index (χ3v) is 2.27. The molecular weight excluding hydrogens is 221 g/mol. The molecule has 0 amide bonds. The molecule has 0 saturated heterocycles. The summed E-state index contributed by atoms with van der Waals surface area (Å²) in [5.41, 5.74) is 0.243. The summed E-state index contributed by atoms with van der Waals surface area (Å²) in [5.74, 6) is 0.505. The van der Waals surface area contributed by atoms with Gasteiger partial charge in [0.15, 0.2) is 5.96 Å². The number of hydrogen-bond donors (Lipinski definition) is 2. The van der Waals surface area contributed by atoms with E-state index in [9.17, 15) is 0 Å². The molecule has 1 aliphatic heterocycles. The minimum Gasteiger partial charge on any atom is -0.354 e. The number of para-hydroxylation sites is 1. The first-order chi connectivity index (χ1) is 8.02. The lowest BCUT2D eigenvalue weighted by Crippen LogP contribution is -2.26. The zero-order valence-electron chi connectivity index (χ0n) is 10.1. The molecule has 3 nitrogen and oxygen atoms in total. The fraction of sp³-hybridized carbons (Fsp3) is 0.222. The van der Waals surface area contributed by atoms with Crippen molar-refractivity contribution >= 4 is 34.8 Å². The number of benzene rings is 1. The highest BCUT2D eigenvalue weighted by Crippen LogP contribution is 2.29. The van der Waals surface area contributed by atoms with Gasteiger partial charge in [-0.25, -0.2) is 0 Å². The second kappa shape index (κ2) is 4.07. The van der Waals surface area contributed by atoms with Crippen LogP contribution in [0, 0.1) is 0 Å². The lowest BCUT2D eigenvalue weighted by atomic mass is 10.3. The summed E-state index contributed by atoms with van der Waals surface area (Å²) in [6.45, 7) is 1.37. The van der Waals surface area contributed by atoms with Crippen LogP contribution in [0.15, 0.2) is 23.1 Å². The lowest BCUT2D eigenvalue weighted by molar-refractivity contribution is 0.959. The van der Waals surface area contributed by atoms with Crippen LogP contribution in [-0.4, -0.2) is 19.0 Å². The van der Waals surface area contributed by atoms with E-state index >= 15 is 0 Å². The fourth-order valence-electron chi connectivity index (χ4n) is 1.07. The second-order valence-corrected chi connectivity index (χ2v) is 3.42. The maximum atomic E-state index is 7.60. The first-order valence-corrected chi connectivity index (χ1v) is 4.78. The van der Waals surface area contributed by atoms with E-state index in [0.717, 1.165) is 6.54 Å². The highest BCUT2D eigenvalue weighted by molar-refractivity contribution is 6.39. The van der Waals surface area contributed by atoms with Gasteiger partial charge in [-0.3, -0.25) is 4.99 Å². The number of nitrogens with one attached hydrogen (secondary N) is 2. The molecule has 5 heteroatoms. The molecule has 74 valence electrons. The topological polar surface area (TPSA) is 36.4 Å². The number of aliphatic imine (C=N–C) groups is 1. The lowest BCUT2D eigenvalue weighted by Gasteiger charge is -2.09. The van der Waals surface area contributed by atoms with E-state index in [0.29, 0.717) is 12.5 Å². The fourth-order valence-corrected chi connectivity index (χ4v) is 1.50. The van der Waals surface area contributed by atoms with Crippen LogP contribution < -0.4 is 10.6 Å². The number of nitrogens with zero attached hydrogens (tertiary/aromatic N) is 1. The Kier molecular flexibility index (Phi) is 1.90. The van der Waals surface area contributed by atoms with E-state index in [1.807, 2.05) is 0 Å². The summed E-state index contributed by atoms with van der Waals surface area (Å²) in [4.78, 5) is 4.10. The standard InChI is InChI=1S/C9H9Cl2N3/c10-6-2-1-3-7(11)8(6)14-9-12-4-5-13-9/h1-3H,4-5H2,(H2,12,13,14)/i1D,2D,3D. The monoisotopic (exact) mass is 232 g/mol. The predicted octanol–water partition coefficient (Wildman–Crippen LogP) is 2.36. The zero-order valence-corrected chi connectivity index (χ0v) is 8.63. The van der Waals surface area contributed by atoms with E-state index in [1.54, 1.807) is 0 Å². The van der Waals surface area contributed by atoms with Crippen molar-refractivity contribution < 1.29 is 4.11 Å². The molecular formula is C9H9Cl2N3. The quantitative estimate of drug-likeness (QED) is 0.781. The van der Waals surface area contributed by atoms with Gasteiger partial charge in [-0.2, -0.15) is 0 Å². The van der Waals surface area contributed by atoms with Gasteiger partial charge < -0.3 is 10.6 Å². The van der Waals surface area contributed by atoms with Gasteiger partial charge in [0.25, 0.3) is 0 Å². The van der Waals surface area contributed by atoms with Crippen molar-refractivity contribution in [1.29, 1.82) is 0 Å². The van der Waals surface area contributed by atoms with Crippen LogP contribution in [0.3, 0.4) is 0 Å². The highest BCUT2D eigenvalue weighted by Gasteiger charge is 2.09. The van der Waals surface area contributed by atoms with Crippen molar-refractivity contribution in [2.24, 2.45) is 4.99 Å². The van der Waals surface area contributed by atoms with Crippen LogP contribution in [0.1, 0.15) is 4.11 Å². The molecule has 1 aliphatic rings. The maximum Gasteiger partial charge on any atom is 0.196 e. The first kappa shape index (κ1) is 6.53. The minimum atomic E-state index is -0.285. The zero-order chi connectivity index (χ0) is 12.6. The molecule has 0 bridgehead atoms. The van der Waals surface area contributed by atoms with Crippen molar-refractivity contribution in [1.82, 2.24) is 5.32 Å². The van der Waals surface area contributed by atoms with Crippen molar-refractivity contribution in [3.63, 3.8) is 0 Å². The van der Waals surface area contributed by atoms with E-state index in [4.69, 9.17) is 27.3 Å². The molecule has 0 atom stereocenters. The summed E-state index contributed by atoms with van der Waals surface area (Å²) in [5, 5.41) is 5.84. The Hall–Kier alpha value is -0.930. The van der Waals surface area contributed by atoms with Crippen molar-refractivity contribution in [3.05, 3.63) is 28.2 Å². The molecule has 0 saturated carbocycles. The van der Waals surface area contributed by atoms with E-state index in [-0.39, 0.29) is 33.9 Å². The summed E-state index contributed by atoms with van der Waals surface area (Å²) in [6.07, 6.45) is 0. The molecule has 0 aliphatic carbocycles. The average molecular weight is 233 g/mol. The van der Waals surface area contributed by atoms with Gasteiger partial charge in [0.05, 0.1) is 26.4 Å². The highest BCUT2D eigenvalue weighted by atomic mass is 35.5. The molecule has 0 unspecified atom stereocenters. The number of rotatable bonds is 1. The van der Waals surface area contributed by atoms with Crippen LogP contribution in [0.2, 0.25) is 10.0 Å². The average Bonchev–Trinajstić information content (AvgIpc) is 2.82. The number of anilines is 1. The Morgan fingerprint density at radius 2 is 2.14 bits per heavy atom. The summed E-state index contributed by atoms with van der Waals surface area (Å²) in [7, 11) is 0. The summed E-state index contributed by atoms with van der Waals surface area (Å²) >= 11 is 11.9.